The first-order chi connectivity index (χ1) is 10.2. The van der Waals surface area contributed by atoms with Crippen molar-refractivity contribution in [2.45, 2.75) is 18.4 Å². The second-order valence-corrected chi connectivity index (χ2v) is 5.03. The lowest BCUT2D eigenvalue weighted by molar-refractivity contribution is -0.384. The predicted molar refractivity (Wildman–Crippen MR) is 68.2 cm³/mol. The van der Waals surface area contributed by atoms with E-state index in [2.05, 4.69) is 15.5 Å². The standard InChI is InChI=1S/C12H11N5O4/c18-17(19)8-1-2-10-9(7-8)16-11(13-14-15-16)12(21-10)3-5-20-6-4-12/h1-2,7H,3-6H2. The van der Waals surface area contributed by atoms with Crippen molar-refractivity contribution in [3.8, 4) is 11.4 Å². The van der Waals surface area contributed by atoms with E-state index in [0.29, 0.717) is 43.3 Å². The summed E-state index contributed by atoms with van der Waals surface area (Å²) in [5, 5.41) is 22.6. The molecule has 0 unspecified atom stereocenters. The minimum absolute atomic E-state index is 0.0262. The van der Waals surface area contributed by atoms with Crippen LogP contribution in [0.2, 0.25) is 0 Å². The Balaban J connectivity index is 1.88. The Labute approximate surface area is 118 Å². The summed E-state index contributed by atoms with van der Waals surface area (Å²) in [6.45, 7) is 1.13. The molecule has 0 saturated carbocycles. The molecule has 21 heavy (non-hydrogen) atoms. The van der Waals surface area contributed by atoms with Crippen molar-refractivity contribution in [2.24, 2.45) is 0 Å². The third-order valence-corrected chi connectivity index (χ3v) is 3.86. The molecule has 9 nitrogen and oxygen atoms in total. The van der Waals surface area contributed by atoms with Crippen molar-refractivity contribution < 1.29 is 14.4 Å². The molecule has 1 aromatic heterocycles. The summed E-state index contributed by atoms with van der Waals surface area (Å²) in [5.41, 5.74) is -0.159. The zero-order chi connectivity index (χ0) is 14.4. The number of nitro benzene ring substituents is 1. The Morgan fingerprint density at radius 1 is 1.33 bits per heavy atom. The first-order valence-electron chi connectivity index (χ1n) is 6.54. The van der Waals surface area contributed by atoms with Gasteiger partial charge < -0.3 is 9.47 Å². The van der Waals surface area contributed by atoms with Crippen molar-refractivity contribution in [1.29, 1.82) is 0 Å². The van der Waals surface area contributed by atoms with Crippen LogP contribution in [-0.4, -0.2) is 38.3 Å². The third kappa shape index (κ3) is 1.70. The average Bonchev–Trinajstić information content (AvgIpc) is 2.99. The summed E-state index contributed by atoms with van der Waals surface area (Å²) in [4.78, 5) is 10.5. The number of non-ortho nitro benzene ring substituents is 1. The van der Waals surface area contributed by atoms with Gasteiger partial charge >= 0.3 is 0 Å². The van der Waals surface area contributed by atoms with Gasteiger partial charge in [0.05, 0.1) is 18.1 Å². The summed E-state index contributed by atoms with van der Waals surface area (Å²) in [5.74, 6) is 1.11. The molecular formula is C12H11N5O4. The molecule has 0 radical (unpaired) electrons. The monoisotopic (exact) mass is 289 g/mol. The minimum Gasteiger partial charge on any atom is -0.477 e. The first kappa shape index (κ1) is 12.2. The average molecular weight is 289 g/mol. The molecule has 2 aliphatic rings. The summed E-state index contributed by atoms with van der Waals surface area (Å²) in [7, 11) is 0. The highest BCUT2D eigenvalue weighted by Crippen LogP contribution is 2.43. The van der Waals surface area contributed by atoms with Gasteiger partial charge in [-0.3, -0.25) is 10.1 Å². The molecule has 0 aliphatic carbocycles. The van der Waals surface area contributed by atoms with Gasteiger partial charge in [0.1, 0.15) is 11.4 Å². The van der Waals surface area contributed by atoms with Crippen molar-refractivity contribution in [3.63, 3.8) is 0 Å². The maximum Gasteiger partial charge on any atom is 0.271 e. The van der Waals surface area contributed by atoms with E-state index in [0.717, 1.165) is 0 Å². The van der Waals surface area contributed by atoms with Crippen LogP contribution in [0.25, 0.3) is 5.69 Å². The van der Waals surface area contributed by atoms with Gasteiger partial charge in [-0.1, -0.05) is 0 Å². The Morgan fingerprint density at radius 3 is 2.90 bits per heavy atom. The molecule has 0 amide bonds. The fourth-order valence-corrected chi connectivity index (χ4v) is 2.79. The van der Waals surface area contributed by atoms with Crippen LogP contribution < -0.4 is 4.74 Å². The summed E-state index contributed by atoms with van der Waals surface area (Å²) in [6.07, 6.45) is 1.29. The Hall–Kier alpha value is -2.55. The van der Waals surface area contributed by atoms with E-state index in [1.807, 2.05) is 0 Å². The van der Waals surface area contributed by atoms with Gasteiger partial charge in [-0.05, 0) is 16.5 Å². The lowest BCUT2D eigenvalue weighted by Gasteiger charge is -2.39. The molecule has 2 aromatic rings. The van der Waals surface area contributed by atoms with Crippen LogP contribution in [0.1, 0.15) is 18.7 Å². The Morgan fingerprint density at radius 2 is 2.14 bits per heavy atom. The van der Waals surface area contributed by atoms with Crippen LogP contribution in [0.15, 0.2) is 18.2 Å². The fraction of sp³-hybridized carbons (Fsp3) is 0.417. The highest BCUT2D eigenvalue weighted by Gasteiger charge is 2.46. The van der Waals surface area contributed by atoms with E-state index in [1.165, 1.54) is 16.8 Å². The minimum atomic E-state index is -0.620. The number of fused-ring (bicyclic) bond motifs is 4. The van der Waals surface area contributed by atoms with Gasteiger partial charge in [-0.15, -0.1) is 5.10 Å². The molecule has 0 N–H and O–H groups in total. The van der Waals surface area contributed by atoms with Crippen molar-refractivity contribution >= 4 is 5.69 Å². The Bertz CT molecular complexity index is 722. The second kappa shape index (κ2) is 4.22. The first-order valence-corrected chi connectivity index (χ1v) is 6.54. The second-order valence-electron chi connectivity index (χ2n) is 5.03. The highest BCUT2D eigenvalue weighted by atomic mass is 16.6. The van der Waals surface area contributed by atoms with Crippen LogP contribution in [0.5, 0.6) is 5.75 Å². The number of benzene rings is 1. The molecule has 1 aromatic carbocycles. The summed E-state index contributed by atoms with van der Waals surface area (Å²) in [6, 6.07) is 4.43. The van der Waals surface area contributed by atoms with Crippen LogP contribution in [0.3, 0.4) is 0 Å². The maximum absolute atomic E-state index is 10.9. The number of nitro groups is 1. The number of hydrogen-bond acceptors (Lipinski definition) is 7. The van der Waals surface area contributed by atoms with Crippen LogP contribution >= 0.6 is 0 Å². The number of nitrogens with zero attached hydrogens (tertiary/aromatic N) is 5. The SMILES string of the molecule is O=[N+]([O-])c1ccc2c(c1)-n1nnnc1C1(CCOCC1)O2. The molecule has 1 saturated heterocycles. The quantitative estimate of drug-likeness (QED) is 0.568. The largest absolute Gasteiger partial charge is 0.477 e. The van der Waals surface area contributed by atoms with Crippen molar-refractivity contribution in [2.75, 3.05) is 13.2 Å². The van der Waals surface area contributed by atoms with Gasteiger partial charge in [0.15, 0.2) is 5.60 Å². The Kier molecular flexibility index (Phi) is 2.45. The number of hydrogen-bond donors (Lipinski definition) is 0. The smallest absolute Gasteiger partial charge is 0.271 e. The number of aromatic nitrogens is 4. The molecule has 0 bridgehead atoms. The maximum atomic E-state index is 10.9. The van der Waals surface area contributed by atoms with E-state index in [9.17, 15) is 10.1 Å². The van der Waals surface area contributed by atoms with Crippen molar-refractivity contribution in [3.05, 3.63) is 34.1 Å². The zero-order valence-corrected chi connectivity index (χ0v) is 10.9. The normalized spacial score (nSPS) is 18.7. The van der Waals surface area contributed by atoms with Gasteiger partial charge in [-0.2, -0.15) is 4.68 Å². The lowest BCUT2D eigenvalue weighted by atomic mass is 9.91. The summed E-state index contributed by atoms with van der Waals surface area (Å²) >= 11 is 0. The van der Waals surface area contributed by atoms with Crippen LogP contribution in [0.4, 0.5) is 5.69 Å². The molecule has 1 fully saturated rings. The zero-order valence-electron chi connectivity index (χ0n) is 10.9. The topological polar surface area (TPSA) is 105 Å². The van der Waals surface area contributed by atoms with Crippen molar-refractivity contribution in [1.82, 2.24) is 20.2 Å². The highest BCUT2D eigenvalue weighted by molar-refractivity contribution is 5.55. The molecule has 9 heteroatoms. The molecule has 1 spiro atoms. The molecule has 3 heterocycles. The molecular weight excluding hydrogens is 278 g/mol. The number of rotatable bonds is 1. The van der Waals surface area contributed by atoms with E-state index in [4.69, 9.17) is 9.47 Å². The molecule has 0 atom stereocenters. The predicted octanol–water partition coefficient (Wildman–Crippen LogP) is 0.969. The van der Waals surface area contributed by atoms with Gasteiger partial charge in [0, 0.05) is 25.0 Å². The third-order valence-electron chi connectivity index (χ3n) is 3.86. The molecule has 108 valence electrons. The molecule has 4 rings (SSSR count). The van der Waals surface area contributed by atoms with E-state index >= 15 is 0 Å². The number of tetrazole rings is 1. The van der Waals surface area contributed by atoms with Crippen LogP contribution in [-0.2, 0) is 10.3 Å². The van der Waals surface area contributed by atoms with Gasteiger partial charge in [-0.25, -0.2) is 0 Å². The van der Waals surface area contributed by atoms with Gasteiger partial charge in [0.2, 0.25) is 5.82 Å². The van der Waals surface area contributed by atoms with E-state index in [-0.39, 0.29) is 5.69 Å². The van der Waals surface area contributed by atoms with Crippen LogP contribution in [0, 0.1) is 10.1 Å². The van der Waals surface area contributed by atoms with E-state index < -0.39 is 10.5 Å². The fourth-order valence-electron chi connectivity index (χ4n) is 2.79. The number of ether oxygens (including phenoxy) is 2. The van der Waals surface area contributed by atoms with E-state index in [1.54, 1.807) is 6.07 Å². The van der Waals surface area contributed by atoms with Gasteiger partial charge in [0.25, 0.3) is 5.69 Å². The molecule has 2 aliphatic heterocycles. The lowest BCUT2D eigenvalue weighted by Crippen LogP contribution is -2.44. The summed E-state index contributed by atoms with van der Waals surface area (Å²) < 4.78 is 13.0.